The standard InChI is InChI=1S/C33H38BrF3N4O3S.C5H9NO3S/c1-19-9-11-22(15-24(19)31(43)39-25-14-21(25)8-6-4-5-7-13-41(3)18-42)44-27-16-26(32-40-28(17-45-32)33(35,36)37)38-30-23(27)12-10-20(2)29(30)34;1-5(2-3-5)10(8,9)6-4-7/h6,8,10,12,16-19,21-22,24-25H,4-5,7,9,11,13-15H2,1-3H3,(H,39,43);4H,2-3H2,1H3,(H,6,7)/b8-6-;/t19-,21-,22+,24?,25?;/m1./s1. The molecule has 300 valence electrons. The van der Waals surface area contributed by atoms with E-state index in [9.17, 15) is 36.0 Å². The Morgan fingerprint density at radius 3 is 2.56 bits per heavy atom. The molecule has 0 radical (unpaired) electrons. The molecule has 3 amide bonds. The van der Waals surface area contributed by atoms with Gasteiger partial charge in [-0.15, -0.1) is 11.3 Å². The molecule has 3 fully saturated rings. The van der Waals surface area contributed by atoms with Crippen molar-refractivity contribution in [3.63, 3.8) is 0 Å². The Labute approximate surface area is 332 Å². The lowest BCUT2D eigenvalue weighted by atomic mass is 9.78. The summed E-state index contributed by atoms with van der Waals surface area (Å²) in [5, 5.41) is 5.15. The number of amides is 3. The summed E-state index contributed by atoms with van der Waals surface area (Å²) in [7, 11) is -1.58. The molecule has 0 bridgehead atoms. The van der Waals surface area contributed by atoms with Gasteiger partial charge >= 0.3 is 6.18 Å². The number of carbonyl (C=O) groups is 3. The monoisotopic (exact) mass is 869 g/mol. The highest BCUT2D eigenvalue weighted by atomic mass is 79.9. The lowest BCUT2D eigenvalue weighted by molar-refractivity contribution is -0.140. The van der Waals surface area contributed by atoms with Gasteiger partial charge in [-0.3, -0.25) is 19.1 Å². The third kappa shape index (κ3) is 10.8. The molecule has 1 aromatic carbocycles. The van der Waals surface area contributed by atoms with Crippen LogP contribution in [0.1, 0.15) is 82.9 Å². The van der Waals surface area contributed by atoms with Crippen molar-refractivity contribution in [3.8, 4) is 16.5 Å². The summed E-state index contributed by atoms with van der Waals surface area (Å²) in [5.74, 6) is 0.932. The Hall–Kier alpha value is -3.57. The normalized spacial score (nSPS) is 23.0. The van der Waals surface area contributed by atoms with Crippen LogP contribution in [-0.4, -0.2) is 72.5 Å². The third-order valence-corrected chi connectivity index (χ3v) is 14.5. The molecule has 6 rings (SSSR count). The van der Waals surface area contributed by atoms with Crippen molar-refractivity contribution in [2.45, 2.75) is 102 Å². The zero-order valence-corrected chi connectivity index (χ0v) is 34.4. The minimum Gasteiger partial charge on any atom is -0.490 e. The van der Waals surface area contributed by atoms with E-state index in [0.29, 0.717) is 42.1 Å². The maximum Gasteiger partial charge on any atom is 0.434 e. The zero-order valence-electron chi connectivity index (χ0n) is 31.2. The summed E-state index contributed by atoms with van der Waals surface area (Å²) in [5.41, 5.74) is 0.889. The molecule has 3 saturated carbocycles. The van der Waals surface area contributed by atoms with Crippen molar-refractivity contribution in [1.82, 2.24) is 24.9 Å². The number of alkyl halides is 3. The molecule has 3 aliphatic rings. The van der Waals surface area contributed by atoms with Crippen LogP contribution in [0.3, 0.4) is 0 Å². The predicted octanol–water partition coefficient (Wildman–Crippen LogP) is 7.57. The minimum absolute atomic E-state index is 0.0507. The first-order valence-electron chi connectivity index (χ1n) is 18.3. The fourth-order valence-corrected chi connectivity index (χ4v) is 8.74. The smallest absolute Gasteiger partial charge is 0.434 e. The molecule has 2 N–H and O–H groups in total. The number of halogens is 4. The molecular weight excluding hydrogens is 823 g/mol. The quantitative estimate of drug-likeness (QED) is 0.0904. The van der Waals surface area contributed by atoms with Crippen molar-refractivity contribution in [1.29, 1.82) is 0 Å². The van der Waals surface area contributed by atoms with E-state index in [0.717, 1.165) is 83.6 Å². The number of unbranched alkanes of at least 4 members (excludes halogenated alkanes) is 2. The molecule has 3 aliphatic carbocycles. The van der Waals surface area contributed by atoms with Crippen molar-refractivity contribution < 1.29 is 40.7 Å². The van der Waals surface area contributed by atoms with Crippen LogP contribution in [0.25, 0.3) is 21.6 Å². The number of carbonyl (C=O) groups excluding carboxylic acids is 3. The third-order valence-electron chi connectivity index (χ3n) is 10.5. The summed E-state index contributed by atoms with van der Waals surface area (Å²) in [6, 6.07) is 5.66. The van der Waals surface area contributed by atoms with E-state index < -0.39 is 26.6 Å². The molecule has 0 spiro atoms. The van der Waals surface area contributed by atoms with Crippen LogP contribution in [-0.2, 0) is 30.6 Å². The van der Waals surface area contributed by atoms with Gasteiger partial charge in [0.2, 0.25) is 28.8 Å². The van der Waals surface area contributed by atoms with Crippen LogP contribution in [0.5, 0.6) is 5.75 Å². The Bertz CT molecular complexity index is 2010. The van der Waals surface area contributed by atoms with Crippen LogP contribution in [0.15, 0.2) is 40.2 Å². The lowest BCUT2D eigenvalue weighted by Crippen LogP contribution is -2.41. The second kappa shape index (κ2) is 17.7. The molecule has 2 aromatic heterocycles. The number of hydrogen-bond acceptors (Lipinski definition) is 9. The van der Waals surface area contributed by atoms with E-state index in [1.807, 2.05) is 23.8 Å². The van der Waals surface area contributed by atoms with Crippen LogP contribution < -0.4 is 14.8 Å². The lowest BCUT2D eigenvalue weighted by Gasteiger charge is -2.34. The highest BCUT2D eigenvalue weighted by Crippen LogP contribution is 2.42. The number of aryl methyl sites for hydroxylation is 1. The van der Waals surface area contributed by atoms with Gasteiger partial charge in [-0.05, 0) is 111 Å². The number of sulfonamides is 1. The molecule has 0 saturated heterocycles. The van der Waals surface area contributed by atoms with Crippen LogP contribution in [0.2, 0.25) is 0 Å². The number of nitrogens with one attached hydrogen (secondary N) is 2. The van der Waals surface area contributed by atoms with Crippen molar-refractivity contribution in [2.75, 3.05) is 13.6 Å². The summed E-state index contributed by atoms with van der Waals surface area (Å²) < 4.78 is 70.2. The number of ether oxygens (including phenoxy) is 1. The van der Waals surface area contributed by atoms with Gasteiger partial charge < -0.3 is 15.0 Å². The topological polar surface area (TPSA) is 148 Å². The first-order chi connectivity index (χ1) is 26.0. The molecule has 3 aromatic rings. The largest absolute Gasteiger partial charge is 0.490 e. The number of pyridine rings is 1. The highest BCUT2D eigenvalue weighted by molar-refractivity contribution is 9.10. The van der Waals surface area contributed by atoms with Crippen LogP contribution in [0, 0.1) is 24.7 Å². The van der Waals surface area contributed by atoms with Gasteiger partial charge in [-0.2, -0.15) is 13.2 Å². The van der Waals surface area contributed by atoms with E-state index in [-0.39, 0.29) is 41.3 Å². The van der Waals surface area contributed by atoms with Crippen molar-refractivity contribution >= 4 is 66.9 Å². The van der Waals surface area contributed by atoms with Gasteiger partial charge in [-0.25, -0.2) is 18.4 Å². The molecular formula is C38H47BrF3N5O6S2. The fourth-order valence-electron chi connectivity index (χ4n) is 6.47. The van der Waals surface area contributed by atoms with Crippen molar-refractivity contribution in [3.05, 3.63) is 51.5 Å². The maximum atomic E-state index is 13.4. The SMILES string of the molecule is CC1(S(=O)(=O)NC=O)CC1.Cc1ccc2c(O[C@H]3CC[C@@H](C)C(C(=O)NC4C[C@H]4/C=C\CCCCN(C)C=O)C3)cc(-c3nc(C(F)(F)F)cs3)nc2c1Br. The summed E-state index contributed by atoms with van der Waals surface area (Å²) in [6.07, 6.45) is 7.96. The van der Waals surface area contributed by atoms with Crippen molar-refractivity contribution in [2.24, 2.45) is 17.8 Å². The van der Waals surface area contributed by atoms with E-state index >= 15 is 0 Å². The molecule has 0 aliphatic heterocycles. The number of nitrogens with zero attached hydrogens (tertiary/aromatic N) is 3. The van der Waals surface area contributed by atoms with Gasteiger partial charge in [-0.1, -0.05) is 25.1 Å². The zero-order chi connectivity index (χ0) is 40.1. The molecule has 11 nitrogen and oxygen atoms in total. The second-order valence-corrected chi connectivity index (χ2v) is 18.9. The number of benzene rings is 1. The first-order valence-corrected chi connectivity index (χ1v) is 21.5. The van der Waals surface area contributed by atoms with E-state index in [1.165, 1.54) is 0 Å². The molecule has 5 atom stereocenters. The average Bonchev–Trinajstić information content (AvgIpc) is 4.01. The van der Waals surface area contributed by atoms with Gasteiger partial charge in [0, 0.05) is 46.9 Å². The number of fused-ring (bicyclic) bond motifs is 1. The second-order valence-electron chi connectivity index (χ2n) is 15.0. The number of rotatable bonds is 15. The molecule has 17 heteroatoms. The van der Waals surface area contributed by atoms with Gasteiger partial charge in [0.15, 0.2) is 5.69 Å². The molecule has 2 heterocycles. The van der Waals surface area contributed by atoms with Gasteiger partial charge in [0.25, 0.3) is 0 Å². The van der Waals surface area contributed by atoms with E-state index in [1.54, 1.807) is 24.9 Å². The predicted molar refractivity (Wildman–Crippen MR) is 209 cm³/mol. The Morgan fingerprint density at radius 1 is 1.16 bits per heavy atom. The van der Waals surface area contributed by atoms with E-state index in [2.05, 4.69) is 50.3 Å². The average molecular weight is 871 g/mol. The Balaban J connectivity index is 0.000000504. The number of aromatic nitrogens is 2. The minimum atomic E-state index is -4.54. The van der Waals surface area contributed by atoms with Crippen LogP contribution in [0.4, 0.5) is 13.2 Å². The Morgan fingerprint density at radius 2 is 1.91 bits per heavy atom. The first kappa shape index (κ1) is 42.6. The summed E-state index contributed by atoms with van der Waals surface area (Å²) in [4.78, 5) is 44.0. The fraction of sp³-hybridized carbons (Fsp3) is 0.553. The molecule has 2 unspecified atom stereocenters. The highest BCUT2D eigenvalue weighted by Gasteiger charge is 2.50. The van der Waals surface area contributed by atoms with E-state index in [4.69, 9.17) is 4.74 Å². The Kier molecular flexibility index (Phi) is 13.7. The summed E-state index contributed by atoms with van der Waals surface area (Å²) >= 11 is 4.50. The number of allylic oxidation sites excluding steroid dienone is 1. The number of thiazole rings is 1. The van der Waals surface area contributed by atoms with Crippen LogP contribution >= 0.6 is 27.3 Å². The number of hydrogen-bond donors (Lipinski definition) is 2. The maximum absolute atomic E-state index is 13.4. The van der Waals surface area contributed by atoms with Gasteiger partial charge in [0.05, 0.1) is 16.4 Å². The summed E-state index contributed by atoms with van der Waals surface area (Å²) in [6.45, 7) is 6.41. The molecule has 55 heavy (non-hydrogen) atoms. The van der Waals surface area contributed by atoms with Gasteiger partial charge in [0.1, 0.15) is 16.5 Å².